The smallest absolute Gasteiger partial charge is 0.178 e. The van der Waals surface area contributed by atoms with Crippen LogP contribution in [0.1, 0.15) is 38.6 Å². The normalized spacial score (nSPS) is 17.2. The molecule has 0 amide bonds. The third kappa shape index (κ3) is 2.10. The van der Waals surface area contributed by atoms with E-state index in [-0.39, 0.29) is 0 Å². The Kier molecular flexibility index (Phi) is 3.20. The summed E-state index contributed by atoms with van der Waals surface area (Å²) in [6.07, 6.45) is 5.12. The zero-order valence-electron chi connectivity index (χ0n) is 10.4. The number of aromatic nitrogens is 2. The van der Waals surface area contributed by atoms with E-state index in [4.69, 9.17) is 23.8 Å². The molecule has 0 radical (unpaired) electrons. The summed E-state index contributed by atoms with van der Waals surface area (Å²) in [7, 11) is 0. The van der Waals surface area contributed by atoms with Crippen LogP contribution in [0.4, 0.5) is 0 Å². The lowest BCUT2D eigenvalue weighted by molar-refractivity contribution is 0.434. The van der Waals surface area contributed by atoms with Crippen molar-refractivity contribution < 1.29 is 0 Å². The van der Waals surface area contributed by atoms with E-state index in [1.165, 1.54) is 19.3 Å². The molecule has 1 aromatic carbocycles. The molecular formula is C14H17ClN2S. The molecule has 1 unspecified atom stereocenters. The second kappa shape index (κ2) is 4.71. The molecule has 1 aliphatic carbocycles. The van der Waals surface area contributed by atoms with E-state index in [9.17, 15) is 0 Å². The molecular weight excluding hydrogens is 264 g/mol. The number of rotatable bonds is 4. The van der Waals surface area contributed by atoms with Gasteiger partial charge in [0.2, 0.25) is 0 Å². The monoisotopic (exact) mass is 280 g/mol. The van der Waals surface area contributed by atoms with Gasteiger partial charge in [0.15, 0.2) is 4.77 Å². The van der Waals surface area contributed by atoms with Gasteiger partial charge in [0.1, 0.15) is 0 Å². The molecule has 2 nitrogen and oxygen atoms in total. The molecule has 1 fully saturated rings. The maximum atomic E-state index is 6.22. The molecule has 0 spiro atoms. The minimum absolute atomic E-state index is 0.497. The van der Waals surface area contributed by atoms with Gasteiger partial charge in [-0.2, -0.15) is 0 Å². The second-order valence-corrected chi connectivity index (χ2v) is 5.97. The number of nitrogens with zero attached hydrogens (tertiary/aromatic N) is 1. The van der Waals surface area contributed by atoms with Gasteiger partial charge in [-0.05, 0) is 43.1 Å². The van der Waals surface area contributed by atoms with Gasteiger partial charge in [0, 0.05) is 6.04 Å². The van der Waals surface area contributed by atoms with Crippen LogP contribution in [-0.2, 0) is 0 Å². The van der Waals surface area contributed by atoms with E-state index in [0.717, 1.165) is 33.2 Å². The predicted molar refractivity (Wildman–Crippen MR) is 78.8 cm³/mol. The van der Waals surface area contributed by atoms with Gasteiger partial charge in [-0.15, -0.1) is 0 Å². The van der Waals surface area contributed by atoms with Crippen molar-refractivity contribution in [3.63, 3.8) is 0 Å². The minimum Gasteiger partial charge on any atom is -0.329 e. The van der Waals surface area contributed by atoms with Gasteiger partial charge >= 0.3 is 0 Å². The van der Waals surface area contributed by atoms with Crippen molar-refractivity contribution in [3.8, 4) is 0 Å². The molecule has 1 aromatic heterocycles. The maximum absolute atomic E-state index is 6.22. The molecule has 1 atom stereocenters. The maximum Gasteiger partial charge on any atom is 0.178 e. The highest BCUT2D eigenvalue weighted by Gasteiger charge is 2.26. The Hall–Kier alpha value is -0.800. The van der Waals surface area contributed by atoms with Crippen LogP contribution in [0.2, 0.25) is 5.02 Å². The van der Waals surface area contributed by atoms with Crippen LogP contribution in [0, 0.1) is 10.7 Å². The van der Waals surface area contributed by atoms with Crippen molar-refractivity contribution in [1.29, 1.82) is 0 Å². The summed E-state index contributed by atoms with van der Waals surface area (Å²) in [6.45, 7) is 2.23. The lowest BCUT2D eigenvalue weighted by atomic mass is 10.1. The van der Waals surface area contributed by atoms with E-state index in [0.29, 0.717) is 6.04 Å². The Labute approximate surface area is 117 Å². The molecule has 4 heteroatoms. The van der Waals surface area contributed by atoms with Crippen molar-refractivity contribution in [3.05, 3.63) is 28.0 Å². The molecule has 0 aliphatic heterocycles. The van der Waals surface area contributed by atoms with Crippen molar-refractivity contribution in [2.75, 3.05) is 0 Å². The molecule has 1 aliphatic rings. The number of para-hydroxylation sites is 1. The number of halogens is 1. The molecule has 18 heavy (non-hydrogen) atoms. The first kappa shape index (κ1) is 12.2. The average Bonchev–Trinajstić information content (AvgIpc) is 3.10. The third-order valence-electron chi connectivity index (χ3n) is 3.84. The molecule has 0 saturated heterocycles. The first-order valence-electron chi connectivity index (χ1n) is 6.59. The molecule has 2 aromatic rings. The lowest BCUT2D eigenvalue weighted by Crippen LogP contribution is -2.09. The molecule has 3 rings (SSSR count). The van der Waals surface area contributed by atoms with E-state index < -0.39 is 0 Å². The lowest BCUT2D eigenvalue weighted by Gasteiger charge is -2.17. The largest absolute Gasteiger partial charge is 0.329 e. The number of nitrogens with one attached hydrogen (secondary N) is 1. The van der Waals surface area contributed by atoms with Crippen molar-refractivity contribution in [1.82, 2.24) is 9.55 Å². The van der Waals surface area contributed by atoms with Crippen LogP contribution < -0.4 is 0 Å². The van der Waals surface area contributed by atoms with Gasteiger partial charge in [-0.3, -0.25) is 0 Å². The van der Waals surface area contributed by atoms with Crippen molar-refractivity contribution >= 4 is 34.9 Å². The minimum atomic E-state index is 0.497. The Morgan fingerprint density at radius 3 is 2.94 bits per heavy atom. The first-order chi connectivity index (χ1) is 8.70. The SMILES string of the molecule is CCC(CC1CC1)n1c(=S)[nH]c2c(Cl)cccc21. The number of aromatic amines is 1. The standard InChI is InChI=1S/C14H17ClN2S/c1-2-10(8-9-6-7-9)17-12-5-3-4-11(15)13(12)16-14(17)18/h3-5,9-10H,2,6-8H2,1H3,(H,16,18). The number of hydrogen-bond donors (Lipinski definition) is 1. The van der Waals surface area contributed by atoms with Crippen LogP contribution in [0.3, 0.4) is 0 Å². The highest BCUT2D eigenvalue weighted by Crippen LogP contribution is 2.39. The van der Waals surface area contributed by atoms with Crippen molar-refractivity contribution in [2.24, 2.45) is 5.92 Å². The summed E-state index contributed by atoms with van der Waals surface area (Å²) in [5.74, 6) is 0.904. The van der Waals surface area contributed by atoms with E-state index >= 15 is 0 Å². The summed E-state index contributed by atoms with van der Waals surface area (Å²) < 4.78 is 3.06. The fourth-order valence-electron chi connectivity index (χ4n) is 2.67. The topological polar surface area (TPSA) is 20.7 Å². The Balaban J connectivity index is 2.11. The highest BCUT2D eigenvalue weighted by atomic mass is 35.5. The molecule has 1 heterocycles. The zero-order valence-corrected chi connectivity index (χ0v) is 12.0. The Morgan fingerprint density at radius 1 is 1.50 bits per heavy atom. The van der Waals surface area contributed by atoms with Gasteiger partial charge in [0.25, 0.3) is 0 Å². The van der Waals surface area contributed by atoms with E-state index in [1.807, 2.05) is 12.1 Å². The average molecular weight is 281 g/mol. The molecule has 1 N–H and O–H groups in total. The van der Waals surface area contributed by atoms with Crippen LogP contribution in [0.25, 0.3) is 11.0 Å². The number of benzene rings is 1. The van der Waals surface area contributed by atoms with Gasteiger partial charge in [-0.25, -0.2) is 0 Å². The summed E-state index contributed by atoms with van der Waals surface area (Å²) >= 11 is 11.7. The molecule has 96 valence electrons. The Bertz CT molecular complexity index is 624. The zero-order chi connectivity index (χ0) is 12.7. The molecule has 0 bridgehead atoms. The van der Waals surface area contributed by atoms with E-state index in [1.54, 1.807) is 0 Å². The summed E-state index contributed by atoms with van der Waals surface area (Å²) in [4.78, 5) is 3.25. The number of H-pyrrole nitrogens is 1. The van der Waals surface area contributed by atoms with Crippen LogP contribution in [-0.4, -0.2) is 9.55 Å². The van der Waals surface area contributed by atoms with Crippen LogP contribution >= 0.6 is 23.8 Å². The van der Waals surface area contributed by atoms with Crippen molar-refractivity contribution in [2.45, 2.75) is 38.6 Å². The highest BCUT2D eigenvalue weighted by molar-refractivity contribution is 7.71. The quantitative estimate of drug-likeness (QED) is 0.773. The first-order valence-corrected chi connectivity index (χ1v) is 7.38. The summed E-state index contributed by atoms with van der Waals surface area (Å²) in [6, 6.07) is 6.50. The number of fused-ring (bicyclic) bond motifs is 1. The fourth-order valence-corrected chi connectivity index (χ4v) is 3.24. The third-order valence-corrected chi connectivity index (χ3v) is 4.45. The van der Waals surface area contributed by atoms with Crippen LogP contribution in [0.15, 0.2) is 18.2 Å². The fraction of sp³-hybridized carbons (Fsp3) is 0.500. The van der Waals surface area contributed by atoms with E-state index in [2.05, 4.69) is 22.5 Å². The summed E-state index contributed by atoms with van der Waals surface area (Å²) in [5.41, 5.74) is 2.11. The van der Waals surface area contributed by atoms with Gasteiger partial charge < -0.3 is 9.55 Å². The molecule has 1 saturated carbocycles. The Morgan fingerprint density at radius 2 is 2.28 bits per heavy atom. The predicted octanol–water partition coefficient (Wildman–Crippen LogP) is 5.10. The van der Waals surface area contributed by atoms with Gasteiger partial charge in [-0.1, -0.05) is 37.4 Å². The van der Waals surface area contributed by atoms with Gasteiger partial charge in [0.05, 0.1) is 16.1 Å². The number of imidazole rings is 1. The van der Waals surface area contributed by atoms with Crippen LogP contribution in [0.5, 0.6) is 0 Å². The summed E-state index contributed by atoms with van der Waals surface area (Å²) in [5, 5.41) is 0.749. The number of hydrogen-bond acceptors (Lipinski definition) is 1. The second-order valence-electron chi connectivity index (χ2n) is 5.18.